The van der Waals surface area contributed by atoms with Gasteiger partial charge >= 0.3 is 12.4 Å². The summed E-state index contributed by atoms with van der Waals surface area (Å²) >= 11 is 6.50. The number of carbonyl (C=O) groups excluding carboxylic acids is 1. The number of rotatable bonds is 11. The van der Waals surface area contributed by atoms with Crippen LogP contribution in [0.4, 0.5) is 43.9 Å². The second-order valence-electron chi connectivity index (χ2n) is 16.2. The van der Waals surface area contributed by atoms with Crippen LogP contribution in [0.2, 0.25) is 5.02 Å². The van der Waals surface area contributed by atoms with Gasteiger partial charge in [0, 0.05) is 46.6 Å². The van der Waals surface area contributed by atoms with Crippen molar-refractivity contribution in [3.63, 3.8) is 0 Å². The fourth-order valence-corrected chi connectivity index (χ4v) is 8.90. The van der Waals surface area contributed by atoms with E-state index in [2.05, 4.69) is 32.3 Å². The van der Waals surface area contributed by atoms with Crippen LogP contribution in [0.25, 0.3) is 22.0 Å². The molecule has 2 aliphatic rings. The van der Waals surface area contributed by atoms with Crippen molar-refractivity contribution < 1.29 is 65.5 Å². The Kier molecular flexibility index (Phi) is 11.5. The maximum absolute atomic E-state index is 15.5. The molecule has 7 rings (SSSR count). The Morgan fingerprint density at radius 2 is 1.59 bits per heavy atom. The van der Waals surface area contributed by atoms with Crippen molar-refractivity contribution in [2.45, 2.75) is 80.5 Å². The molecule has 342 valence electrons. The first-order chi connectivity index (χ1) is 29.3. The molecule has 1 amide bonds. The summed E-state index contributed by atoms with van der Waals surface area (Å²) in [4.78, 5) is 18.5. The zero-order chi connectivity index (χ0) is 47.3. The maximum atomic E-state index is 15.5. The molecule has 2 aromatic carbocycles. The minimum absolute atomic E-state index is 0.169. The molecular formula is C40H33ClF10N6O5S2. The van der Waals surface area contributed by atoms with Crippen molar-refractivity contribution in [1.82, 2.24) is 29.9 Å². The van der Waals surface area contributed by atoms with E-state index in [-0.39, 0.29) is 55.3 Å². The number of nitrogens with one attached hydrogen (secondary N) is 1. The van der Waals surface area contributed by atoms with Crippen LogP contribution in [0, 0.1) is 29.4 Å². The van der Waals surface area contributed by atoms with Crippen LogP contribution in [0.15, 0.2) is 42.5 Å². The molecule has 0 spiro atoms. The van der Waals surface area contributed by atoms with Gasteiger partial charge in [-0.25, -0.2) is 30.6 Å². The average molecular weight is 967 g/mol. The van der Waals surface area contributed by atoms with Crippen LogP contribution in [0.1, 0.15) is 71.8 Å². The molecule has 0 bridgehead atoms. The number of halogens is 11. The van der Waals surface area contributed by atoms with Gasteiger partial charge in [0.2, 0.25) is 5.91 Å². The molecule has 0 unspecified atom stereocenters. The van der Waals surface area contributed by atoms with Crippen LogP contribution in [-0.2, 0) is 61.8 Å². The van der Waals surface area contributed by atoms with Crippen molar-refractivity contribution in [3.05, 3.63) is 98.7 Å². The minimum Gasteiger partial charge on any atom is -0.346 e. The van der Waals surface area contributed by atoms with E-state index in [1.54, 1.807) is 0 Å². The summed E-state index contributed by atoms with van der Waals surface area (Å²) in [5.41, 5.74) is -5.36. The molecule has 1 saturated carbocycles. The van der Waals surface area contributed by atoms with Gasteiger partial charge in [0.05, 0.1) is 33.7 Å². The Labute approximate surface area is 363 Å². The Balaban J connectivity index is 1.45. The summed E-state index contributed by atoms with van der Waals surface area (Å²) in [6, 6.07) is 5.38. The molecule has 64 heavy (non-hydrogen) atoms. The lowest BCUT2D eigenvalue weighted by atomic mass is 9.93. The van der Waals surface area contributed by atoms with Gasteiger partial charge < -0.3 is 5.32 Å². The van der Waals surface area contributed by atoms with Crippen molar-refractivity contribution in [2.75, 3.05) is 12.5 Å². The van der Waals surface area contributed by atoms with E-state index in [1.807, 2.05) is 0 Å². The second kappa shape index (κ2) is 15.7. The topological polar surface area (TPSA) is 146 Å². The number of alkyl halides is 8. The number of hydrogen-bond acceptors (Lipinski definition) is 8. The third-order valence-electron chi connectivity index (χ3n) is 10.8. The van der Waals surface area contributed by atoms with Gasteiger partial charge in [-0.3, -0.25) is 14.2 Å². The molecular weight excluding hydrogens is 934 g/mol. The predicted molar refractivity (Wildman–Crippen MR) is 211 cm³/mol. The average Bonchev–Trinajstić information content (AvgIpc) is 3.66. The quantitative estimate of drug-likeness (QED) is 0.104. The SMILES string of the molecule is CC(C)(C#Cc1ccc(-c2ccc(Cl)c3c(CS(C)(=O)=O)nn(CC(F)(F)F)c23)c([C@H](Cc2cc(F)cc(F)c2)NC(=O)Cn2nc(C(F)(F)F)c3c2C(F)(F)[C@@H]2C[C@H]32)n1)S(C)(=O)=O. The van der Waals surface area contributed by atoms with Crippen LogP contribution in [0.5, 0.6) is 0 Å². The van der Waals surface area contributed by atoms with E-state index in [0.717, 1.165) is 24.6 Å². The van der Waals surface area contributed by atoms with E-state index < -0.39 is 126 Å². The van der Waals surface area contributed by atoms with E-state index in [0.29, 0.717) is 10.7 Å². The Morgan fingerprint density at radius 3 is 2.19 bits per heavy atom. The molecule has 3 atom stereocenters. The third-order valence-corrected chi connectivity index (χ3v) is 13.9. The standard InChI is InChI=1S/C40H33ClF10N6O5S2/c1-37(2,64(4,61)62)10-9-22-5-6-23(24-7-8-27(41)32-29(17-63(3,59)60)54-57(34(24)32)18-38(44,45)46)33(52-22)28(13-19-11-20(42)14-21(43)12-19)53-30(58)16-56-36-31(35(55-56)40(49,50)51)25-15-26(25)39(36,47)48/h5-8,11-12,14,25-26,28H,13,15-18H2,1-4H3,(H,53,58)/t25-,26+,28-/m0/s1. The molecule has 11 nitrogen and oxygen atoms in total. The van der Waals surface area contributed by atoms with Crippen molar-refractivity contribution in [1.29, 1.82) is 0 Å². The molecule has 3 aromatic heterocycles. The normalized spacial score (nSPS) is 17.7. The first-order valence-corrected chi connectivity index (χ1v) is 23.1. The predicted octanol–water partition coefficient (Wildman–Crippen LogP) is 7.84. The monoisotopic (exact) mass is 966 g/mol. The number of sulfone groups is 2. The Morgan fingerprint density at radius 1 is 0.953 bits per heavy atom. The number of pyridine rings is 1. The number of amides is 1. The van der Waals surface area contributed by atoms with E-state index in [4.69, 9.17) is 11.6 Å². The smallest absolute Gasteiger partial charge is 0.346 e. The minimum atomic E-state index is -5.18. The van der Waals surface area contributed by atoms with Crippen LogP contribution in [-0.4, -0.2) is 70.7 Å². The summed E-state index contributed by atoms with van der Waals surface area (Å²) < 4.78 is 194. The van der Waals surface area contributed by atoms with Gasteiger partial charge in [-0.1, -0.05) is 23.6 Å². The molecule has 24 heteroatoms. The molecule has 0 saturated heterocycles. The van der Waals surface area contributed by atoms with Gasteiger partial charge in [-0.15, -0.1) is 0 Å². The third kappa shape index (κ3) is 9.31. The molecule has 0 radical (unpaired) electrons. The molecule has 1 N–H and O–H groups in total. The van der Waals surface area contributed by atoms with Gasteiger partial charge in [-0.05, 0) is 74.4 Å². The highest BCUT2D eigenvalue weighted by Crippen LogP contribution is 2.68. The summed E-state index contributed by atoms with van der Waals surface area (Å²) in [5, 5.41) is 9.31. The lowest BCUT2D eigenvalue weighted by Gasteiger charge is -2.23. The van der Waals surface area contributed by atoms with Crippen molar-refractivity contribution >= 4 is 48.1 Å². The molecule has 5 aromatic rings. The van der Waals surface area contributed by atoms with Crippen molar-refractivity contribution in [2.24, 2.45) is 5.92 Å². The summed E-state index contributed by atoms with van der Waals surface area (Å²) in [6.07, 6.45) is -9.29. The number of hydrogen-bond donors (Lipinski definition) is 1. The summed E-state index contributed by atoms with van der Waals surface area (Å²) in [7, 11) is -7.80. The first-order valence-electron chi connectivity index (χ1n) is 18.8. The maximum Gasteiger partial charge on any atom is 0.435 e. The molecule has 0 aliphatic heterocycles. The number of fused-ring (bicyclic) bond motifs is 4. The van der Waals surface area contributed by atoms with Gasteiger partial charge in [-0.2, -0.15) is 45.3 Å². The van der Waals surface area contributed by atoms with E-state index in [1.165, 1.54) is 38.1 Å². The fourth-order valence-electron chi connectivity index (χ4n) is 7.70. The molecule has 3 heterocycles. The number of aromatic nitrogens is 5. The fraction of sp³-hybridized carbons (Fsp3) is 0.400. The van der Waals surface area contributed by atoms with E-state index >= 15 is 8.78 Å². The summed E-state index contributed by atoms with van der Waals surface area (Å²) in [6.45, 7) is -0.487. The number of carbonyl (C=O) groups is 1. The largest absolute Gasteiger partial charge is 0.435 e. The zero-order valence-electron chi connectivity index (χ0n) is 33.6. The van der Waals surface area contributed by atoms with Gasteiger partial charge in [0.25, 0.3) is 5.92 Å². The highest BCUT2D eigenvalue weighted by Gasteiger charge is 2.68. The lowest BCUT2D eigenvalue weighted by Crippen LogP contribution is -2.35. The van der Waals surface area contributed by atoms with Crippen LogP contribution < -0.4 is 5.32 Å². The van der Waals surface area contributed by atoms with Crippen LogP contribution in [0.3, 0.4) is 0 Å². The van der Waals surface area contributed by atoms with Gasteiger partial charge in [0.1, 0.15) is 40.9 Å². The summed E-state index contributed by atoms with van der Waals surface area (Å²) in [5.74, 6) is -5.61. The first kappa shape index (κ1) is 46.8. The number of benzene rings is 2. The Bertz CT molecular complexity index is 3030. The highest BCUT2D eigenvalue weighted by molar-refractivity contribution is 7.92. The van der Waals surface area contributed by atoms with Crippen molar-refractivity contribution in [3.8, 4) is 23.0 Å². The van der Waals surface area contributed by atoms with Crippen LogP contribution >= 0.6 is 11.6 Å². The van der Waals surface area contributed by atoms with E-state index in [9.17, 15) is 56.8 Å². The Hall–Kier alpha value is -5.21. The number of nitrogens with zero attached hydrogens (tertiary/aromatic N) is 5. The molecule has 1 fully saturated rings. The second-order valence-corrected chi connectivity index (χ2v) is 21.3. The lowest BCUT2D eigenvalue weighted by molar-refractivity contribution is -0.143. The molecule has 2 aliphatic carbocycles. The van der Waals surface area contributed by atoms with Gasteiger partial charge in [0.15, 0.2) is 25.4 Å². The highest BCUT2D eigenvalue weighted by atomic mass is 35.5. The zero-order valence-corrected chi connectivity index (χ0v) is 35.9.